The van der Waals surface area contributed by atoms with Crippen molar-refractivity contribution in [2.24, 2.45) is 0 Å². The summed E-state index contributed by atoms with van der Waals surface area (Å²) in [6.45, 7) is 0. The van der Waals surface area contributed by atoms with E-state index in [1.54, 1.807) is 0 Å². The lowest BCUT2D eigenvalue weighted by atomic mass is 10.2. The third-order valence-corrected chi connectivity index (χ3v) is 3.69. The lowest BCUT2D eigenvalue weighted by molar-refractivity contribution is -0.139. The third-order valence-electron chi connectivity index (χ3n) is 2.39. The lowest BCUT2D eigenvalue weighted by Gasteiger charge is -2.15. The maximum atomic E-state index is 12.9. The summed E-state index contributed by atoms with van der Waals surface area (Å²) in [7, 11) is 0. The van der Waals surface area contributed by atoms with Crippen molar-refractivity contribution in [2.45, 2.75) is 12.5 Å². The number of halogens is 2. The van der Waals surface area contributed by atoms with Crippen molar-refractivity contribution in [3.05, 3.63) is 28.5 Å². The SMILES string of the molecule is CSCCC(NC(=O)Nc1ccc(F)cc1Br)C(=O)O. The molecule has 0 radical (unpaired) electrons. The molecule has 1 aromatic rings. The Morgan fingerprint density at radius 1 is 1.50 bits per heavy atom. The molecule has 1 unspecified atom stereocenters. The molecule has 1 rings (SSSR count). The Bertz CT molecular complexity index is 502. The number of hydrogen-bond donors (Lipinski definition) is 3. The van der Waals surface area contributed by atoms with Crippen LogP contribution >= 0.6 is 27.7 Å². The van der Waals surface area contributed by atoms with Crippen molar-refractivity contribution in [3.8, 4) is 0 Å². The number of amides is 2. The fraction of sp³-hybridized carbons (Fsp3) is 0.333. The van der Waals surface area contributed by atoms with E-state index in [9.17, 15) is 14.0 Å². The molecule has 0 aliphatic heterocycles. The molecule has 3 N–H and O–H groups in total. The molecule has 110 valence electrons. The quantitative estimate of drug-likeness (QED) is 0.724. The van der Waals surface area contributed by atoms with E-state index >= 15 is 0 Å². The van der Waals surface area contributed by atoms with E-state index in [1.165, 1.54) is 30.0 Å². The predicted octanol–water partition coefficient (Wildman–Crippen LogP) is 2.92. The van der Waals surface area contributed by atoms with Gasteiger partial charge in [-0.2, -0.15) is 11.8 Å². The minimum Gasteiger partial charge on any atom is -0.480 e. The van der Waals surface area contributed by atoms with E-state index in [1.807, 2.05) is 6.26 Å². The summed E-state index contributed by atoms with van der Waals surface area (Å²) in [5, 5.41) is 13.8. The van der Waals surface area contributed by atoms with Crippen LogP contribution in [0.2, 0.25) is 0 Å². The molecular formula is C12H14BrFN2O3S. The van der Waals surface area contributed by atoms with Crippen LogP contribution in [0.15, 0.2) is 22.7 Å². The Labute approximate surface area is 128 Å². The van der Waals surface area contributed by atoms with Crippen LogP contribution in [-0.4, -0.2) is 35.2 Å². The maximum absolute atomic E-state index is 12.9. The van der Waals surface area contributed by atoms with Crippen molar-refractivity contribution in [3.63, 3.8) is 0 Å². The normalized spacial score (nSPS) is 11.8. The van der Waals surface area contributed by atoms with Crippen LogP contribution in [0.4, 0.5) is 14.9 Å². The molecule has 0 aliphatic rings. The van der Waals surface area contributed by atoms with Gasteiger partial charge >= 0.3 is 12.0 Å². The minimum atomic E-state index is -1.09. The average molecular weight is 365 g/mol. The van der Waals surface area contributed by atoms with Gasteiger partial charge < -0.3 is 15.7 Å². The van der Waals surface area contributed by atoms with Gasteiger partial charge in [0.05, 0.1) is 5.69 Å². The number of thioether (sulfide) groups is 1. The Hall–Kier alpha value is -1.28. The van der Waals surface area contributed by atoms with Gasteiger partial charge in [-0.3, -0.25) is 0 Å². The highest BCUT2D eigenvalue weighted by Crippen LogP contribution is 2.22. The number of carbonyl (C=O) groups is 2. The zero-order valence-electron chi connectivity index (χ0n) is 10.7. The molecule has 0 heterocycles. The number of aliphatic carboxylic acids is 1. The van der Waals surface area contributed by atoms with Crippen LogP contribution in [0.3, 0.4) is 0 Å². The number of carbonyl (C=O) groups excluding carboxylic acids is 1. The summed E-state index contributed by atoms with van der Waals surface area (Å²) >= 11 is 4.61. The van der Waals surface area contributed by atoms with Crippen LogP contribution in [0, 0.1) is 5.82 Å². The molecule has 0 fully saturated rings. The molecule has 2 amide bonds. The number of hydrogen-bond acceptors (Lipinski definition) is 3. The van der Waals surface area contributed by atoms with Crippen molar-refractivity contribution in [1.82, 2.24) is 5.32 Å². The first kappa shape index (κ1) is 16.8. The fourth-order valence-corrected chi connectivity index (χ4v) is 2.32. The molecule has 0 spiro atoms. The number of anilines is 1. The van der Waals surface area contributed by atoms with Gasteiger partial charge in [0.1, 0.15) is 11.9 Å². The van der Waals surface area contributed by atoms with Crippen LogP contribution in [-0.2, 0) is 4.79 Å². The fourth-order valence-electron chi connectivity index (χ4n) is 1.40. The first-order valence-electron chi connectivity index (χ1n) is 5.68. The Morgan fingerprint density at radius 2 is 2.20 bits per heavy atom. The van der Waals surface area contributed by atoms with Gasteiger partial charge in [-0.15, -0.1) is 0 Å². The van der Waals surface area contributed by atoms with Crippen LogP contribution < -0.4 is 10.6 Å². The van der Waals surface area contributed by atoms with Gasteiger partial charge in [0, 0.05) is 4.47 Å². The first-order chi connectivity index (χ1) is 9.43. The van der Waals surface area contributed by atoms with Gasteiger partial charge in [0.2, 0.25) is 0 Å². The molecule has 0 aliphatic carbocycles. The number of nitrogens with one attached hydrogen (secondary N) is 2. The summed E-state index contributed by atoms with van der Waals surface area (Å²) in [6.07, 6.45) is 2.18. The molecule has 0 saturated carbocycles. The van der Waals surface area contributed by atoms with Gasteiger partial charge in [0.25, 0.3) is 0 Å². The van der Waals surface area contributed by atoms with Crippen molar-refractivity contribution in [1.29, 1.82) is 0 Å². The largest absolute Gasteiger partial charge is 0.480 e. The highest BCUT2D eigenvalue weighted by atomic mass is 79.9. The second kappa shape index (κ2) is 8.11. The molecule has 5 nitrogen and oxygen atoms in total. The van der Waals surface area contributed by atoms with Crippen molar-refractivity contribution < 1.29 is 19.1 Å². The number of carboxylic acid groups (broad SMARTS) is 1. The number of benzene rings is 1. The second-order valence-electron chi connectivity index (χ2n) is 3.89. The smallest absolute Gasteiger partial charge is 0.326 e. The van der Waals surface area contributed by atoms with E-state index in [4.69, 9.17) is 5.11 Å². The van der Waals surface area contributed by atoms with Crippen molar-refractivity contribution >= 4 is 45.4 Å². The van der Waals surface area contributed by atoms with Crippen LogP contribution in [0.5, 0.6) is 0 Å². The lowest BCUT2D eigenvalue weighted by Crippen LogP contribution is -2.43. The monoisotopic (exact) mass is 364 g/mol. The van der Waals surface area contributed by atoms with E-state index in [2.05, 4.69) is 26.6 Å². The van der Waals surface area contributed by atoms with E-state index in [0.29, 0.717) is 22.3 Å². The molecule has 1 atom stereocenters. The summed E-state index contributed by atoms with van der Waals surface area (Å²) < 4.78 is 13.3. The van der Waals surface area contributed by atoms with E-state index in [-0.39, 0.29) is 0 Å². The van der Waals surface area contributed by atoms with Gasteiger partial charge in [-0.25, -0.2) is 14.0 Å². The zero-order chi connectivity index (χ0) is 15.1. The molecular weight excluding hydrogens is 351 g/mol. The standard InChI is InChI=1S/C12H14BrFN2O3S/c1-20-5-4-10(11(17)18)16-12(19)15-9-3-2-7(14)6-8(9)13/h2-3,6,10H,4-5H2,1H3,(H,17,18)(H2,15,16,19). The summed E-state index contributed by atoms with van der Waals surface area (Å²) in [5.74, 6) is -0.907. The third kappa shape index (κ3) is 5.38. The average Bonchev–Trinajstić information content (AvgIpc) is 2.37. The van der Waals surface area contributed by atoms with E-state index in [0.717, 1.165) is 0 Å². The van der Waals surface area contributed by atoms with Gasteiger partial charge in [0.15, 0.2) is 0 Å². The minimum absolute atomic E-state index is 0.328. The van der Waals surface area contributed by atoms with Gasteiger partial charge in [-0.05, 0) is 52.6 Å². The number of rotatable bonds is 6. The Balaban J connectivity index is 2.63. The van der Waals surface area contributed by atoms with E-state index < -0.39 is 23.9 Å². The summed E-state index contributed by atoms with van der Waals surface area (Å²) in [5.41, 5.74) is 0.359. The highest BCUT2D eigenvalue weighted by Gasteiger charge is 2.19. The second-order valence-corrected chi connectivity index (χ2v) is 5.73. The van der Waals surface area contributed by atoms with Crippen molar-refractivity contribution in [2.75, 3.05) is 17.3 Å². The first-order valence-corrected chi connectivity index (χ1v) is 7.87. The molecule has 0 saturated heterocycles. The summed E-state index contributed by atoms with van der Waals surface area (Å²) in [4.78, 5) is 22.7. The Kier molecular flexibility index (Phi) is 6.80. The Morgan fingerprint density at radius 3 is 2.75 bits per heavy atom. The number of carboxylic acids is 1. The summed E-state index contributed by atoms with van der Waals surface area (Å²) in [6, 6.07) is 2.18. The van der Waals surface area contributed by atoms with Crippen LogP contribution in [0.1, 0.15) is 6.42 Å². The molecule has 20 heavy (non-hydrogen) atoms. The highest BCUT2D eigenvalue weighted by molar-refractivity contribution is 9.10. The maximum Gasteiger partial charge on any atom is 0.326 e. The molecule has 1 aromatic carbocycles. The predicted molar refractivity (Wildman–Crippen MR) is 80.7 cm³/mol. The molecule has 8 heteroatoms. The molecule has 0 aromatic heterocycles. The van der Waals surface area contributed by atoms with Gasteiger partial charge in [-0.1, -0.05) is 0 Å². The molecule has 0 bridgehead atoms. The van der Waals surface area contributed by atoms with Crippen LogP contribution in [0.25, 0.3) is 0 Å². The zero-order valence-corrected chi connectivity index (χ0v) is 13.1. The number of urea groups is 1. The topological polar surface area (TPSA) is 78.4 Å².